The monoisotopic (exact) mass is 401 g/mol. The van der Waals surface area contributed by atoms with Gasteiger partial charge in [-0.3, -0.25) is 9.69 Å². The second-order valence-electron chi connectivity index (χ2n) is 7.53. The average molecular weight is 402 g/mol. The largest absolute Gasteiger partial charge is 0.323 e. The summed E-state index contributed by atoms with van der Waals surface area (Å²) in [7, 11) is 0. The molecule has 1 fully saturated rings. The Kier molecular flexibility index (Phi) is 4.16. The molecule has 3 amide bonds. The predicted molar refractivity (Wildman–Crippen MR) is 110 cm³/mol. The van der Waals surface area contributed by atoms with Gasteiger partial charge >= 0.3 is 6.03 Å². The van der Waals surface area contributed by atoms with Crippen LogP contribution in [0.5, 0.6) is 0 Å². The summed E-state index contributed by atoms with van der Waals surface area (Å²) in [6.07, 6.45) is 0. The molecule has 27 heavy (non-hydrogen) atoms. The molecular formula is C20H20ClN3O2S. The van der Waals surface area contributed by atoms with Gasteiger partial charge in [-0.25, -0.2) is 4.79 Å². The molecule has 0 saturated carbocycles. The van der Waals surface area contributed by atoms with Gasteiger partial charge in [-0.15, -0.1) is 11.8 Å². The minimum Gasteiger partial charge on any atom is -0.323 e. The van der Waals surface area contributed by atoms with Crippen LogP contribution in [0.4, 0.5) is 16.2 Å². The Balaban J connectivity index is 1.75. The number of amides is 3. The number of rotatable bonds is 1. The number of nitrogens with zero attached hydrogens (tertiary/aromatic N) is 1. The van der Waals surface area contributed by atoms with Crippen molar-refractivity contribution in [3.05, 3.63) is 58.6 Å². The maximum atomic E-state index is 13.2. The van der Waals surface area contributed by atoms with Crippen LogP contribution in [0.2, 0.25) is 5.02 Å². The highest BCUT2D eigenvalue weighted by atomic mass is 35.5. The molecule has 7 heteroatoms. The molecule has 2 aliphatic rings. The molecular weight excluding hydrogens is 382 g/mol. The number of hydrogen-bond donors (Lipinski definition) is 2. The third-order valence-electron chi connectivity index (χ3n) is 4.79. The summed E-state index contributed by atoms with van der Waals surface area (Å²) in [5.41, 5.74) is 3.23. The summed E-state index contributed by atoms with van der Waals surface area (Å²) < 4.78 is -0.286. The van der Waals surface area contributed by atoms with Gasteiger partial charge in [0, 0.05) is 33.3 Å². The lowest BCUT2D eigenvalue weighted by Crippen LogP contribution is -2.49. The molecule has 0 radical (unpaired) electrons. The molecule has 1 atom stereocenters. The molecule has 1 spiro atoms. The van der Waals surface area contributed by atoms with Gasteiger partial charge in [-0.1, -0.05) is 29.3 Å². The van der Waals surface area contributed by atoms with E-state index >= 15 is 0 Å². The minimum absolute atomic E-state index is 0.214. The Morgan fingerprint density at radius 1 is 1.22 bits per heavy atom. The first kappa shape index (κ1) is 18.2. The van der Waals surface area contributed by atoms with Crippen molar-refractivity contribution < 1.29 is 9.59 Å². The number of carbonyl (C=O) groups is 2. The third kappa shape index (κ3) is 2.97. The van der Waals surface area contributed by atoms with Gasteiger partial charge in [-0.05, 0) is 51.1 Å². The lowest BCUT2D eigenvalue weighted by atomic mass is 10.0. The van der Waals surface area contributed by atoms with Gasteiger partial charge in [0.15, 0.2) is 4.87 Å². The zero-order chi connectivity index (χ0) is 19.4. The van der Waals surface area contributed by atoms with Crippen molar-refractivity contribution in [1.82, 2.24) is 4.90 Å². The molecule has 4 rings (SSSR count). The number of halogens is 1. The number of carbonyl (C=O) groups excluding carboxylic acids is 2. The molecule has 140 valence electrons. The van der Waals surface area contributed by atoms with Crippen LogP contribution >= 0.6 is 23.4 Å². The first-order chi connectivity index (χ1) is 12.7. The quantitative estimate of drug-likeness (QED) is 0.720. The van der Waals surface area contributed by atoms with E-state index in [0.29, 0.717) is 22.9 Å². The Hall–Kier alpha value is -2.18. The highest BCUT2D eigenvalue weighted by Crippen LogP contribution is 2.58. The lowest BCUT2D eigenvalue weighted by Gasteiger charge is -2.32. The van der Waals surface area contributed by atoms with E-state index in [9.17, 15) is 9.59 Å². The van der Waals surface area contributed by atoms with E-state index in [1.807, 2.05) is 45.0 Å². The van der Waals surface area contributed by atoms with Crippen molar-refractivity contribution >= 4 is 46.7 Å². The van der Waals surface area contributed by atoms with Crippen molar-refractivity contribution in [2.45, 2.75) is 30.4 Å². The third-order valence-corrected chi connectivity index (χ3v) is 6.63. The van der Waals surface area contributed by atoms with E-state index in [-0.39, 0.29) is 16.7 Å². The molecule has 2 aliphatic heterocycles. The Labute approximate surface area is 167 Å². The van der Waals surface area contributed by atoms with E-state index in [2.05, 4.69) is 10.6 Å². The van der Waals surface area contributed by atoms with Crippen molar-refractivity contribution in [2.24, 2.45) is 0 Å². The number of aryl methyl sites for hydroxylation is 1. The summed E-state index contributed by atoms with van der Waals surface area (Å²) in [5.74, 6) is -0.214. The van der Waals surface area contributed by atoms with Crippen LogP contribution in [0.1, 0.15) is 25.0 Å². The molecule has 5 nitrogen and oxygen atoms in total. The molecule has 2 aromatic rings. The molecule has 0 aromatic heterocycles. The van der Waals surface area contributed by atoms with E-state index in [1.54, 1.807) is 23.1 Å². The van der Waals surface area contributed by atoms with Gasteiger partial charge in [0.2, 0.25) is 0 Å². The number of thioether (sulfide) groups is 1. The van der Waals surface area contributed by atoms with Gasteiger partial charge in [0.25, 0.3) is 5.91 Å². The van der Waals surface area contributed by atoms with Crippen molar-refractivity contribution in [3.8, 4) is 0 Å². The number of nitrogens with one attached hydrogen (secondary N) is 2. The highest BCUT2D eigenvalue weighted by molar-refractivity contribution is 8.02. The summed E-state index contributed by atoms with van der Waals surface area (Å²) in [4.78, 5) is 26.7. The zero-order valence-electron chi connectivity index (χ0n) is 15.3. The summed E-state index contributed by atoms with van der Waals surface area (Å²) in [6.45, 7) is 6.50. The van der Waals surface area contributed by atoms with Crippen LogP contribution < -0.4 is 10.6 Å². The fraction of sp³-hybridized carbons (Fsp3) is 0.300. The smallest absolute Gasteiger partial charge is 0.323 e. The Morgan fingerprint density at radius 3 is 2.63 bits per heavy atom. The molecule has 2 aromatic carbocycles. The van der Waals surface area contributed by atoms with Crippen LogP contribution in [0.3, 0.4) is 0 Å². The van der Waals surface area contributed by atoms with Gasteiger partial charge in [-0.2, -0.15) is 0 Å². The Bertz CT molecular complexity index is 945. The molecule has 2 heterocycles. The molecule has 0 bridgehead atoms. The van der Waals surface area contributed by atoms with Crippen LogP contribution in [0.25, 0.3) is 0 Å². The molecule has 0 unspecified atom stereocenters. The molecule has 2 N–H and O–H groups in total. The second kappa shape index (κ2) is 6.17. The number of fused-ring (bicyclic) bond motifs is 2. The fourth-order valence-electron chi connectivity index (χ4n) is 3.63. The van der Waals surface area contributed by atoms with Gasteiger partial charge in [0.05, 0.1) is 0 Å². The molecule has 0 aliphatic carbocycles. The van der Waals surface area contributed by atoms with E-state index in [0.717, 1.165) is 11.1 Å². The zero-order valence-corrected chi connectivity index (χ0v) is 16.9. The standard InChI is InChI=1S/C20H20ClN3O2S/c1-12-4-7-14(8-5-12)22-18(26)24-11-19(2,3)27-20(24)15-10-13(21)6-9-16(15)23-17(20)25/h4-10H,11H2,1-3H3,(H,22,26)(H,23,25)/t20-/m1/s1. The predicted octanol–water partition coefficient (Wildman–Crippen LogP) is 4.81. The number of benzene rings is 2. The van der Waals surface area contributed by atoms with E-state index in [4.69, 9.17) is 11.6 Å². The summed E-state index contributed by atoms with van der Waals surface area (Å²) in [6, 6.07) is 12.6. The topological polar surface area (TPSA) is 61.4 Å². The summed E-state index contributed by atoms with van der Waals surface area (Å²) in [5, 5.41) is 6.37. The first-order valence-corrected chi connectivity index (χ1v) is 9.88. The Morgan fingerprint density at radius 2 is 1.93 bits per heavy atom. The summed E-state index contributed by atoms with van der Waals surface area (Å²) >= 11 is 7.69. The van der Waals surface area contributed by atoms with Crippen molar-refractivity contribution in [1.29, 1.82) is 0 Å². The maximum absolute atomic E-state index is 13.2. The van der Waals surface area contributed by atoms with Crippen LogP contribution in [0.15, 0.2) is 42.5 Å². The first-order valence-electron chi connectivity index (χ1n) is 8.68. The van der Waals surface area contributed by atoms with Crippen LogP contribution in [-0.2, 0) is 9.67 Å². The van der Waals surface area contributed by atoms with Crippen LogP contribution in [0, 0.1) is 6.92 Å². The second-order valence-corrected chi connectivity index (χ2v) is 9.87. The van der Waals surface area contributed by atoms with E-state index in [1.165, 1.54) is 11.8 Å². The van der Waals surface area contributed by atoms with E-state index < -0.39 is 4.87 Å². The number of anilines is 2. The highest BCUT2D eigenvalue weighted by Gasteiger charge is 2.61. The maximum Gasteiger partial charge on any atom is 0.323 e. The van der Waals surface area contributed by atoms with Crippen molar-refractivity contribution in [3.63, 3.8) is 0 Å². The van der Waals surface area contributed by atoms with Gasteiger partial charge in [0.1, 0.15) is 0 Å². The average Bonchev–Trinajstić information content (AvgIpc) is 3.04. The normalized spacial score (nSPS) is 22.7. The number of hydrogen-bond acceptors (Lipinski definition) is 3. The number of urea groups is 1. The van der Waals surface area contributed by atoms with Crippen LogP contribution in [-0.4, -0.2) is 28.1 Å². The van der Waals surface area contributed by atoms with Gasteiger partial charge < -0.3 is 10.6 Å². The fourth-order valence-corrected chi connectivity index (χ4v) is 5.47. The lowest BCUT2D eigenvalue weighted by molar-refractivity contribution is -0.121. The SMILES string of the molecule is Cc1ccc(NC(=O)N2CC(C)(C)S[C@]23C(=O)Nc2ccc(Cl)cc23)cc1. The minimum atomic E-state index is -1.13. The molecule has 1 saturated heterocycles. The van der Waals surface area contributed by atoms with Crippen molar-refractivity contribution in [2.75, 3.05) is 17.2 Å².